The predicted octanol–water partition coefficient (Wildman–Crippen LogP) is 2.31. The maximum Gasteiger partial charge on any atom is 0.275 e. The van der Waals surface area contributed by atoms with E-state index in [1.165, 1.54) is 11.3 Å². The van der Waals surface area contributed by atoms with Crippen molar-refractivity contribution in [1.82, 2.24) is 14.6 Å². The van der Waals surface area contributed by atoms with Crippen LogP contribution in [-0.4, -0.2) is 28.8 Å². The normalized spacial score (nSPS) is 11.9. The highest BCUT2D eigenvalue weighted by Gasteiger charge is 2.13. The molecule has 7 heteroatoms. The zero-order valence-corrected chi connectivity index (χ0v) is 15.7. The minimum Gasteiger partial charge on any atom is -0.493 e. The van der Waals surface area contributed by atoms with Crippen molar-refractivity contribution in [1.29, 1.82) is 0 Å². The van der Waals surface area contributed by atoms with Gasteiger partial charge in [0.2, 0.25) is 4.96 Å². The Labute approximate surface area is 159 Å². The molecule has 2 aromatic carbocycles. The summed E-state index contributed by atoms with van der Waals surface area (Å²) < 4.78 is 12.8. The lowest BCUT2D eigenvalue weighted by Gasteiger charge is -2.07. The van der Waals surface area contributed by atoms with E-state index in [-0.39, 0.29) is 5.56 Å². The average molecular weight is 379 g/mol. The Morgan fingerprint density at radius 2 is 1.81 bits per heavy atom. The fraction of sp³-hybridized carbons (Fsp3) is 0.150. The van der Waals surface area contributed by atoms with Crippen LogP contribution in [0.1, 0.15) is 17.0 Å². The number of aromatic nitrogens is 3. The summed E-state index contributed by atoms with van der Waals surface area (Å²) in [5, 5.41) is 8.35. The van der Waals surface area contributed by atoms with Gasteiger partial charge in [0.25, 0.3) is 5.56 Å². The third-order valence-corrected chi connectivity index (χ3v) is 5.19. The van der Waals surface area contributed by atoms with Gasteiger partial charge in [-0.15, -0.1) is 10.2 Å². The summed E-state index contributed by atoms with van der Waals surface area (Å²) in [7, 11) is 3.17. The molecule has 0 bridgehead atoms. The molecule has 0 saturated carbocycles. The van der Waals surface area contributed by atoms with E-state index < -0.39 is 0 Å². The van der Waals surface area contributed by atoms with Gasteiger partial charge < -0.3 is 9.47 Å². The standard InChI is InChI=1S/C20H17N3O3S/c1-25-15-9-8-14(10-16(15)26-2)11-17-19(24)23-18(21-22-20(23)27-17)12-13-6-4-3-5-7-13/h3-11H,12H2,1-2H3/b17-11-. The number of ether oxygens (including phenoxy) is 2. The second kappa shape index (κ2) is 7.20. The summed E-state index contributed by atoms with van der Waals surface area (Å²) >= 11 is 1.32. The van der Waals surface area contributed by atoms with Crippen LogP contribution in [0.15, 0.2) is 53.3 Å². The Morgan fingerprint density at radius 1 is 1.04 bits per heavy atom. The molecule has 4 rings (SSSR count). The summed E-state index contributed by atoms with van der Waals surface area (Å²) in [5.41, 5.74) is 1.83. The molecule has 27 heavy (non-hydrogen) atoms. The molecule has 0 atom stereocenters. The molecule has 0 radical (unpaired) electrons. The van der Waals surface area contributed by atoms with Gasteiger partial charge in [0.05, 0.1) is 18.8 Å². The molecule has 0 spiro atoms. The first-order chi connectivity index (χ1) is 13.2. The van der Waals surface area contributed by atoms with Crippen LogP contribution >= 0.6 is 11.3 Å². The molecule has 136 valence electrons. The molecular weight excluding hydrogens is 362 g/mol. The number of rotatable bonds is 5. The van der Waals surface area contributed by atoms with E-state index in [0.717, 1.165) is 11.1 Å². The van der Waals surface area contributed by atoms with E-state index in [9.17, 15) is 4.79 Å². The first kappa shape index (κ1) is 17.2. The topological polar surface area (TPSA) is 65.7 Å². The molecule has 0 unspecified atom stereocenters. The number of hydrogen-bond acceptors (Lipinski definition) is 6. The largest absolute Gasteiger partial charge is 0.493 e. The molecule has 4 aromatic rings. The second-order valence-corrected chi connectivity index (χ2v) is 6.94. The number of nitrogens with zero attached hydrogens (tertiary/aromatic N) is 3. The van der Waals surface area contributed by atoms with Crippen LogP contribution in [0.2, 0.25) is 0 Å². The van der Waals surface area contributed by atoms with Gasteiger partial charge in [-0.25, -0.2) is 4.40 Å². The molecule has 0 saturated heterocycles. The van der Waals surface area contributed by atoms with Crippen molar-refractivity contribution < 1.29 is 9.47 Å². The van der Waals surface area contributed by atoms with Gasteiger partial charge in [0, 0.05) is 6.42 Å². The zero-order valence-electron chi connectivity index (χ0n) is 14.9. The minimum atomic E-state index is -0.110. The van der Waals surface area contributed by atoms with Crippen LogP contribution < -0.4 is 19.6 Å². The van der Waals surface area contributed by atoms with Gasteiger partial charge in [0.1, 0.15) is 5.82 Å². The number of hydrogen-bond donors (Lipinski definition) is 0. The first-order valence-corrected chi connectivity index (χ1v) is 9.15. The van der Waals surface area contributed by atoms with E-state index >= 15 is 0 Å². The third kappa shape index (κ3) is 3.29. The Balaban J connectivity index is 1.77. The Hall–Kier alpha value is -3.19. The first-order valence-electron chi connectivity index (χ1n) is 8.34. The minimum absolute atomic E-state index is 0.110. The van der Waals surface area contributed by atoms with Gasteiger partial charge in [-0.2, -0.15) is 0 Å². The summed E-state index contributed by atoms with van der Waals surface area (Å²) in [6.45, 7) is 0. The lowest BCUT2D eigenvalue weighted by Crippen LogP contribution is -2.24. The fourth-order valence-electron chi connectivity index (χ4n) is 2.90. The van der Waals surface area contributed by atoms with Crippen LogP contribution in [0, 0.1) is 0 Å². The molecule has 6 nitrogen and oxygen atoms in total. The second-order valence-electron chi connectivity index (χ2n) is 5.93. The lowest BCUT2D eigenvalue weighted by molar-refractivity contribution is 0.355. The van der Waals surface area contributed by atoms with E-state index in [0.29, 0.717) is 33.2 Å². The van der Waals surface area contributed by atoms with E-state index in [1.54, 1.807) is 18.6 Å². The van der Waals surface area contributed by atoms with Gasteiger partial charge in [-0.1, -0.05) is 47.7 Å². The van der Waals surface area contributed by atoms with E-state index in [4.69, 9.17) is 9.47 Å². The SMILES string of the molecule is COc1ccc(/C=c2\sc3nnc(Cc4ccccc4)n3c2=O)cc1OC. The van der Waals surface area contributed by atoms with Crippen LogP contribution in [0.3, 0.4) is 0 Å². The molecule has 0 aliphatic rings. The number of benzene rings is 2. The summed E-state index contributed by atoms with van der Waals surface area (Å²) in [6.07, 6.45) is 2.39. The molecule has 0 fully saturated rings. The summed E-state index contributed by atoms with van der Waals surface area (Å²) in [6, 6.07) is 15.4. The maximum atomic E-state index is 12.9. The Kier molecular flexibility index (Phi) is 4.60. The van der Waals surface area contributed by atoms with Crippen LogP contribution in [0.5, 0.6) is 11.5 Å². The summed E-state index contributed by atoms with van der Waals surface area (Å²) in [4.78, 5) is 13.5. The van der Waals surface area contributed by atoms with Crippen LogP contribution in [0.4, 0.5) is 0 Å². The van der Waals surface area contributed by atoms with E-state index in [1.807, 2.05) is 54.6 Å². The van der Waals surface area contributed by atoms with Gasteiger partial charge in [-0.3, -0.25) is 4.79 Å². The Bertz CT molecular complexity index is 1200. The van der Waals surface area contributed by atoms with E-state index in [2.05, 4.69) is 10.2 Å². The van der Waals surface area contributed by atoms with Crippen molar-refractivity contribution in [3.63, 3.8) is 0 Å². The van der Waals surface area contributed by atoms with Crippen LogP contribution in [-0.2, 0) is 6.42 Å². The van der Waals surface area contributed by atoms with Crippen molar-refractivity contribution in [2.24, 2.45) is 0 Å². The third-order valence-electron chi connectivity index (χ3n) is 4.23. The number of thiazole rings is 1. The molecule has 0 N–H and O–H groups in total. The highest BCUT2D eigenvalue weighted by molar-refractivity contribution is 7.15. The van der Waals surface area contributed by atoms with Gasteiger partial charge in [-0.05, 0) is 29.3 Å². The van der Waals surface area contributed by atoms with Gasteiger partial charge in [0.15, 0.2) is 11.5 Å². The smallest absolute Gasteiger partial charge is 0.275 e. The highest BCUT2D eigenvalue weighted by Crippen LogP contribution is 2.27. The molecule has 0 aliphatic carbocycles. The predicted molar refractivity (Wildman–Crippen MR) is 105 cm³/mol. The molecular formula is C20H17N3O3S. The van der Waals surface area contributed by atoms with Crippen molar-refractivity contribution in [3.05, 3.63) is 80.4 Å². The van der Waals surface area contributed by atoms with Crippen molar-refractivity contribution in [2.45, 2.75) is 6.42 Å². The fourth-order valence-corrected chi connectivity index (χ4v) is 3.83. The van der Waals surface area contributed by atoms with Crippen LogP contribution in [0.25, 0.3) is 11.0 Å². The number of fused-ring (bicyclic) bond motifs is 1. The summed E-state index contributed by atoms with van der Waals surface area (Å²) in [5.74, 6) is 1.91. The molecule has 0 amide bonds. The lowest BCUT2D eigenvalue weighted by atomic mass is 10.1. The number of methoxy groups -OCH3 is 2. The highest BCUT2D eigenvalue weighted by atomic mass is 32.1. The molecule has 2 heterocycles. The maximum absolute atomic E-state index is 12.9. The average Bonchev–Trinajstić information content (AvgIpc) is 3.23. The molecule has 0 aliphatic heterocycles. The van der Waals surface area contributed by atoms with Crippen molar-refractivity contribution >= 4 is 22.4 Å². The molecule has 2 aromatic heterocycles. The zero-order chi connectivity index (χ0) is 18.8. The monoisotopic (exact) mass is 379 g/mol. The van der Waals surface area contributed by atoms with Crippen molar-refractivity contribution in [2.75, 3.05) is 14.2 Å². The Morgan fingerprint density at radius 3 is 2.56 bits per heavy atom. The van der Waals surface area contributed by atoms with Crippen molar-refractivity contribution in [3.8, 4) is 11.5 Å². The van der Waals surface area contributed by atoms with Gasteiger partial charge >= 0.3 is 0 Å². The quantitative estimate of drug-likeness (QED) is 0.532.